The van der Waals surface area contributed by atoms with Gasteiger partial charge in [0.05, 0.1) is 19.6 Å². The van der Waals surface area contributed by atoms with Crippen LogP contribution in [0.3, 0.4) is 0 Å². The fourth-order valence-electron chi connectivity index (χ4n) is 1.57. The molecule has 2 aliphatic heterocycles. The molecule has 0 aliphatic carbocycles. The van der Waals surface area contributed by atoms with E-state index in [1.165, 1.54) is 0 Å². The summed E-state index contributed by atoms with van der Waals surface area (Å²) in [4.78, 5) is 0. The zero-order valence-corrected chi connectivity index (χ0v) is 12.4. The van der Waals surface area contributed by atoms with Crippen LogP contribution in [0.5, 0.6) is 0 Å². The minimum atomic E-state index is -4.07. The highest BCUT2D eigenvalue weighted by atomic mass is 19.4. The molecule has 0 aromatic carbocycles. The molecule has 0 atom stereocenters. The van der Waals surface area contributed by atoms with Crippen LogP contribution in [0.1, 0.15) is 19.3 Å². The maximum Gasteiger partial charge on any atom is 0.390 e. The highest BCUT2D eigenvalue weighted by Crippen LogP contribution is 2.17. The Bertz CT molecular complexity index is 230. The van der Waals surface area contributed by atoms with Crippen molar-refractivity contribution >= 4 is 0 Å². The summed E-state index contributed by atoms with van der Waals surface area (Å²) in [7, 11) is 0. The van der Waals surface area contributed by atoms with Gasteiger partial charge < -0.3 is 26.7 Å². The van der Waals surface area contributed by atoms with Crippen LogP contribution in [0.25, 0.3) is 0 Å². The molecule has 0 unspecified atom stereocenters. The lowest BCUT2D eigenvalue weighted by molar-refractivity contribution is -0.132. The van der Waals surface area contributed by atoms with Crippen LogP contribution in [0.2, 0.25) is 0 Å². The van der Waals surface area contributed by atoms with Gasteiger partial charge in [0.25, 0.3) is 0 Å². The molecule has 8 heteroatoms. The van der Waals surface area contributed by atoms with Gasteiger partial charge in [-0.15, -0.1) is 0 Å². The van der Waals surface area contributed by atoms with E-state index < -0.39 is 12.6 Å². The summed E-state index contributed by atoms with van der Waals surface area (Å²) in [5.41, 5.74) is 15.3. The van der Waals surface area contributed by atoms with Crippen molar-refractivity contribution in [2.45, 2.75) is 25.4 Å². The van der Waals surface area contributed by atoms with E-state index >= 15 is 0 Å². The first-order chi connectivity index (χ1) is 9.92. The highest BCUT2D eigenvalue weighted by Gasteiger charge is 2.24. The Kier molecular flexibility index (Phi) is 11.9. The highest BCUT2D eigenvalue weighted by molar-refractivity contribution is 4.64. The van der Waals surface area contributed by atoms with E-state index in [4.69, 9.17) is 20.9 Å². The van der Waals surface area contributed by atoms with Gasteiger partial charge >= 0.3 is 6.18 Å². The molecular formula is C13H28F3N3O2. The molecule has 2 rings (SSSR count). The zero-order valence-electron chi connectivity index (χ0n) is 12.4. The molecule has 0 spiro atoms. The lowest BCUT2D eigenvalue weighted by Gasteiger charge is -2.23. The molecule has 0 saturated carbocycles. The first kappa shape index (κ1) is 20.6. The maximum absolute atomic E-state index is 11.0. The average Bonchev–Trinajstić information content (AvgIpc) is 2.38. The van der Waals surface area contributed by atoms with Crippen LogP contribution in [0.4, 0.5) is 13.2 Å². The van der Waals surface area contributed by atoms with Crippen molar-refractivity contribution in [1.82, 2.24) is 0 Å². The van der Waals surface area contributed by atoms with E-state index in [1.807, 2.05) is 0 Å². The van der Waals surface area contributed by atoms with E-state index in [2.05, 4.69) is 5.73 Å². The largest absolute Gasteiger partial charge is 0.390 e. The monoisotopic (exact) mass is 315 g/mol. The molecule has 0 amide bonds. The van der Waals surface area contributed by atoms with Crippen molar-refractivity contribution in [2.24, 2.45) is 29.0 Å². The number of halogens is 3. The maximum atomic E-state index is 11.0. The van der Waals surface area contributed by atoms with Crippen molar-refractivity contribution in [3.63, 3.8) is 0 Å². The van der Waals surface area contributed by atoms with Crippen LogP contribution in [0, 0.1) is 11.8 Å². The van der Waals surface area contributed by atoms with Crippen molar-refractivity contribution < 1.29 is 22.6 Å². The second-order valence-corrected chi connectivity index (χ2v) is 5.08. The summed E-state index contributed by atoms with van der Waals surface area (Å²) in [6.45, 7) is 4.92. The molecule has 2 fully saturated rings. The fourth-order valence-corrected chi connectivity index (χ4v) is 1.57. The standard InChI is InChI=1S/C6H13NO.C4H9NO.C3H6F3N/c7-5-6-1-3-8-4-2-6;5-1-4-2-6-3-4;4-3(5,6)1-2-7/h6H,1-5,7H2;4H,1-3,5H2;1-2,7H2. The molecular weight excluding hydrogens is 287 g/mol. The van der Waals surface area contributed by atoms with Gasteiger partial charge in [0.15, 0.2) is 0 Å². The Morgan fingerprint density at radius 3 is 1.52 bits per heavy atom. The molecule has 0 radical (unpaired) electrons. The van der Waals surface area contributed by atoms with Gasteiger partial charge in [-0.1, -0.05) is 0 Å². The van der Waals surface area contributed by atoms with Gasteiger partial charge in [0.1, 0.15) is 0 Å². The van der Waals surface area contributed by atoms with Crippen LogP contribution in [-0.2, 0) is 9.47 Å². The van der Waals surface area contributed by atoms with E-state index in [1.54, 1.807) is 0 Å². The van der Waals surface area contributed by atoms with Crippen molar-refractivity contribution in [3.8, 4) is 0 Å². The van der Waals surface area contributed by atoms with Gasteiger partial charge in [-0.2, -0.15) is 13.2 Å². The Morgan fingerprint density at radius 2 is 1.38 bits per heavy atom. The minimum absolute atomic E-state index is 0.316. The van der Waals surface area contributed by atoms with Gasteiger partial charge in [0, 0.05) is 25.7 Å². The quantitative estimate of drug-likeness (QED) is 0.718. The Hall–Kier alpha value is -0.410. The van der Waals surface area contributed by atoms with E-state index in [-0.39, 0.29) is 6.54 Å². The number of hydrogen-bond donors (Lipinski definition) is 3. The third kappa shape index (κ3) is 13.0. The van der Waals surface area contributed by atoms with Crippen molar-refractivity contribution in [3.05, 3.63) is 0 Å². The normalized spacial score (nSPS) is 19.7. The fraction of sp³-hybridized carbons (Fsp3) is 1.00. The molecule has 5 nitrogen and oxygen atoms in total. The van der Waals surface area contributed by atoms with Crippen LogP contribution in [0.15, 0.2) is 0 Å². The molecule has 128 valence electrons. The number of hydrogen-bond acceptors (Lipinski definition) is 5. The third-order valence-electron chi connectivity index (χ3n) is 3.14. The first-order valence-corrected chi connectivity index (χ1v) is 7.25. The number of alkyl halides is 3. The lowest BCUT2D eigenvalue weighted by Crippen LogP contribution is -2.33. The molecule has 0 aromatic rings. The predicted molar refractivity (Wildman–Crippen MR) is 75.7 cm³/mol. The molecule has 2 saturated heterocycles. The molecule has 2 aliphatic rings. The van der Waals surface area contributed by atoms with Crippen LogP contribution in [-0.4, -0.2) is 52.2 Å². The smallest absolute Gasteiger partial charge is 0.381 e. The topological polar surface area (TPSA) is 96.5 Å². The number of nitrogens with two attached hydrogens (primary N) is 3. The van der Waals surface area contributed by atoms with Gasteiger partial charge in [-0.3, -0.25) is 0 Å². The predicted octanol–water partition coefficient (Wildman–Crippen LogP) is 0.861. The van der Waals surface area contributed by atoms with E-state index in [0.29, 0.717) is 5.92 Å². The number of rotatable bonds is 3. The SMILES string of the molecule is NCC1CCOCC1.NCC1COC1.NCCC(F)(F)F. The lowest BCUT2D eigenvalue weighted by atomic mass is 10.0. The summed E-state index contributed by atoms with van der Waals surface area (Å²) >= 11 is 0. The Balaban J connectivity index is 0.000000289. The summed E-state index contributed by atoms with van der Waals surface area (Å²) in [6.07, 6.45) is -2.63. The first-order valence-electron chi connectivity index (χ1n) is 7.25. The average molecular weight is 315 g/mol. The van der Waals surface area contributed by atoms with Gasteiger partial charge in [-0.25, -0.2) is 0 Å². The summed E-state index contributed by atoms with van der Waals surface area (Å²) in [6, 6.07) is 0. The minimum Gasteiger partial charge on any atom is -0.381 e. The number of ether oxygens (including phenoxy) is 2. The molecule has 21 heavy (non-hydrogen) atoms. The molecule has 0 bridgehead atoms. The Labute approximate surface area is 124 Å². The Morgan fingerprint density at radius 1 is 0.857 bits per heavy atom. The second kappa shape index (κ2) is 12.2. The van der Waals surface area contributed by atoms with Gasteiger partial charge in [-0.05, 0) is 31.8 Å². The third-order valence-corrected chi connectivity index (χ3v) is 3.14. The molecule has 0 aromatic heterocycles. The summed E-state index contributed by atoms with van der Waals surface area (Å²) in [5.74, 6) is 1.41. The second-order valence-electron chi connectivity index (χ2n) is 5.08. The summed E-state index contributed by atoms with van der Waals surface area (Å²) in [5, 5.41) is 0. The van der Waals surface area contributed by atoms with Gasteiger partial charge in [0.2, 0.25) is 0 Å². The van der Waals surface area contributed by atoms with Crippen LogP contribution >= 0.6 is 0 Å². The molecule has 2 heterocycles. The zero-order chi connectivity index (χ0) is 16.1. The van der Waals surface area contributed by atoms with E-state index in [9.17, 15) is 13.2 Å². The molecule has 6 N–H and O–H groups in total. The summed E-state index contributed by atoms with van der Waals surface area (Å²) < 4.78 is 42.9. The van der Waals surface area contributed by atoms with Crippen molar-refractivity contribution in [1.29, 1.82) is 0 Å². The van der Waals surface area contributed by atoms with Crippen molar-refractivity contribution in [2.75, 3.05) is 46.1 Å². The van der Waals surface area contributed by atoms with Crippen LogP contribution < -0.4 is 17.2 Å². The van der Waals surface area contributed by atoms with E-state index in [0.717, 1.165) is 58.3 Å².